The third kappa shape index (κ3) is 3.36. The lowest BCUT2D eigenvalue weighted by Crippen LogP contribution is -2.12. The van der Waals surface area contributed by atoms with E-state index in [9.17, 15) is 9.18 Å². The van der Waals surface area contributed by atoms with E-state index in [-0.39, 0.29) is 12.3 Å². The molecule has 0 fully saturated rings. The number of rotatable bonds is 2. The summed E-state index contributed by atoms with van der Waals surface area (Å²) in [6, 6.07) is 5.58. The van der Waals surface area contributed by atoms with Crippen LogP contribution in [0.4, 0.5) is 10.1 Å². The highest BCUT2D eigenvalue weighted by Crippen LogP contribution is 2.22. The Morgan fingerprint density at radius 1 is 1.45 bits per heavy atom. The zero-order valence-corrected chi connectivity index (χ0v) is 11.7. The van der Waals surface area contributed by atoms with Gasteiger partial charge in [-0.2, -0.15) is 0 Å². The van der Waals surface area contributed by atoms with E-state index in [2.05, 4.69) is 17.2 Å². The number of hydrogen-bond acceptors (Lipinski definition) is 3. The first-order valence-corrected chi connectivity index (χ1v) is 6.81. The molecule has 1 heterocycles. The van der Waals surface area contributed by atoms with Crippen molar-refractivity contribution in [1.82, 2.24) is 0 Å². The van der Waals surface area contributed by atoms with E-state index in [1.807, 2.05) is 0 Å². The van der Waals surface area contributed by atoms with Crippen LogP contribution in [0.25, 0.3) is 0 Å². The van der Waals surface area contributed by atoms with Crippen LogP contribution < -0.4 is 5.32 Å². The molecular weight excluding hydrogens is 301 g/mol. The fraction of sp³-hybridized carbons (Fsp3) is 0.0714. The topological polar surface area (TPSA) is 49.3 Å². The molecule has 1 amide bonds. The van der Waals surface area contributed by atoms with Crippen LogP contribution in [0, 0.1) is 17.7 Å². The highest BCUT2D eigenvalue weighted by Gasteiger charge is 2.14. The molecule has 2 aromatic rings. The summed E-state index contributed by atoms with van der Waals surface area (Å²) in [5.74, 6) is 4.10. The maximum Gasteiger partial charge on any atom is 0.267 e. The summed E-state index contributed by atoms with van der Waals surface area (Å²) in [7, 11) is 0. The Bertz CT molecular complexity index is 703. The number of hydrogen-bond donors (Lipinski definition) is 2. The number of carbonyl (C=O) groups is 1. The molecule has 1 aromatic heterocycles. The van der Waals surface area contributed by atoms with E-state index < -0.39 is 11.7 Å². The van der Waals surface area contributed by atoms with Crippen LogP contribution in [0.15, 0.2) is 29.6 Å². The second kappa shape index (κ2) is 6.53. The van der Waals surface area contributed by atoms with Gasteiger partial charge in [-0.3, -0.25) is 4.79 Å². The van der Waals surface area contributed by atoms with E-state index in [0.717, 1.165) is 0 Å². The number of nitrogens with one attached hydrogen (secondary N) is 1. The monoisotopic (exact) mass is 309 g/mol. The second-order valence-corrected chi connectivity index (χ2v) is 5.05. The van der Waals surface area contributed by atoms with E-state index in [0.29, 0.717) is 15.5 Å². The summed E-state index contributed by atoms with van der Waals surface area (Å²) in [5, 5.41) is 13.1. The van der Waals surface area contributed by atoms with Crippen molar-refractivity contribution in [1.29, 1.82) is 0 Å². The Labute approximate surface area is 124 Å². The van der Waals surface area contributed by atoms with Crippen molar-refractivity contribution in [2.75, 3.05) is 11.9 Å². The van der Waals surface area contributed by atoms with Crippen LogP contribution in [0.1, 0.15) is 15.2 Å². The molecular formula is C14H9ClFNO2S. The Kier molecular flexibility index (Phi) is 4.74. The molecule has 0 aliphatic heterocycles. The smallest absolute Gasteiger partial charge is 0.267 e. The first kappa shape index (κ1) is 14.5. The fourth-order valence-corrected chi connectivity index (χ4v) is 2.41. The van der Waals surface area contributed by atoms with Crippen LogP contribution in [0.2, 0.25) is 5.02 Å². The summed E-state index contributed by atoms with van der Waals surface area (Å²) in [5.41, 5.74) is 0.501. The number of benzene rings is 1. The van der Waals surface area contributed by atoms with Crippen molar-refractivity contribution >= 4 is 34.5 Å². The van der Waals surface area contributed by atoms with Crippen molar-refractivity contribution in [3.8, 4) is 11.8 Å². The number of carbonyl (C=O) groups excluding carboxylic acids is 1. The molecule has 0 unspecified atom stereocenters. The molecule has 3 nitrogen and oxygen atoms in total. The summed E-state index contributed by atoms with van der Waals surface area (Å²) >= 11 is 6.95. The highest BCUT2D eigenvalue weighted by molar-refractivity contribution is 7.12. The molecule has 0 aliphatic carbocycles. The molecule has 0 saturated heterocycles. The Morgan fingerprint density at radius 3 is 3.00 bits per heavy atom. The number of anilines is 1. The number of aliphatic hydroxyl groups excluding tert-OH is 1. The summed E-state index contributed by atoms with van der Waals surface area (Å²) in [4.78, 5) is 12.4. The van der Waals surface area contributed by atoms with Gasteiger partial charge < -0.3 is 10.4 Å². The summed E-state index contributed by atoms with van der Waals surface area (Å²) in [6.07, 6.45) is 0. The molecule has 0 bridgehead atoms. The lowest BCUT2D eigenvalue weighted by Gasteiger charge is -2.06. The minimum absolute atomic E-state index is 0.0111. The van der Waals surface area contributed by atoms with E-state index in [1.54, 1.807) is 11.4 Å². The van der Waals surface area contributed by atoms with Gasteiger partial charge >= 0.3 is 0 Å². The van der Waals surface area contributed by atoms with Crippen LogP contribution in [0.3, 0.4) is 0 Å². The van der Waals surface area contributed by atoms with Gasteiger partial charge in [0.1, 0.15) is 17.3 Å². The van der Waals surface area contributed by atoms with Crippen molar-refractivity contribution in [3.05, 3.63) is 50.9 Å². The molecule has 102 valence electrons. The first-order valence-electron chi connectivity index (χ1n) is 5.55. The minimum atomic E-state index is -0.567. The van der Waals surface area contributed by atoms with Gasteiger partial charge in [-0.1, -0.05) is 23.4 Å². The Balaban J connectivity index is 2.24. The quantitative estimate of drug-likeness (QED) is 0.837. The van der Waals surface area contributed by atoms with Crippen LogP contribution in [0.5, 0.6) is 0 Å². The molecule has 0 spiro atoms. The van der Waals surface area contributed by atoms with E-state index >= 15 is 0 Å². The lowest BCUT2D eigenvalue weighted by atomic mass is 10.2. The molecule has 0 atom stereocenters. The van der Waals surface area contributed by atoms with E-state index in [4.69, 9.17) is 16.7 Å². The SMILES string of the molecule is O=C(Nc1cc(Cl)ccc1F)c1sccc1C#CCO. The van der Waals surface area contributed by atoms with Crippen molar-refractivity contribution < 1.29 is 14.3 Å². The van der Waals surface area contributed by atoms with Gasteiger partial charge in [0.2, 0.25) is 0 Å². The minimum Gasteiger partial charge on any atom is -0.384 e. The zero-order valence-electron chi connectivity index (χ0n) is 10.1. The average Bonchev–Trinajstić information content (AvgIpc) is 2.89. The van der Waals surface area contributed by atoms with Crippen molar-refractivity contribution in [2.24, 2.45) is 0 Å². The third-order valence-electron chi connectivity index (χ3n) is 2.35. The van der Waals surface area contributed by atoms with Gasteiger partial charge in [-0.05, 0) is 29.6 Å². The summed E-state index contributed by atoms with van der Waals surface area (Å²) in [6.45, 7) is -0.292. The largest absolute Gasteiger partial charge is 0.384 e. The molecule has 0 aliphatic rings. The van der Waals surface area contributed by atoms with Crippen LogP contribution >= 0.6 is 22.9 Å². The van der Waals surface area contributed by atoms with Crippen molar-refractivity contribution in [3.63, 3.8) is 0 Å². The van der Waals surface area contributed by atoms with Gasteiger partial charge in [0.05, 0.1) is 5.69 Å². The highest BCUT2D eigenvalue weighted by atomic mass is 35.5. The number of thiophene rings is 1. The standard InChI is InChI=1S/C14H9ClFNO2S/c15-10-3-4-11(16)12(8-10)17-14(19)13-9(2-1-6-18)5-7-20-13/h3-5,7-8,18H,6H2,(H,17,19). The molecule has 0 saturated carbocycles. The normalized spacial score (nSPS) is 9.75. The number of aliphatic hydroxyl groups is 1. The molecule has 1 aromatic carbocycles. The Morgan fingerprint density at radius 2 is 2.25 bits per heavy atom. The van der Waals surface area contributed by atoms with E-state index in [1.165, 1.54) is 29.5 Å². The molecule has 20 heavy (non-hydrogen) atoms. The third-order valence-corrected chi connectivity index (χ3v) is 3.50. The Hall–Kier alpha value is -1.87. The van der Waals surface area contributed by atoms with Gasteiger partial charge in [-0.15, -0.1) is 11.3 Å². The first-order chi connectivity index (χ1) is 9.61. The number of halogens is 2. The van der Waals surface area contributed by atoms with Crippen molar-refractivity contribution in [2.45, 2.75) is 0 Å². The lowest BCUT2D eigenvalue weighted by molar-refractivity contribution is 0.103. The average molecular weight is 310 g/mol. The van der Waals surface area contributed by atoms with Gasteiger partial charge in [0, 0.05) is 10.6 Å². The second-order valence-electron chi connectivity index (χ2n) is 3.70. The van der Waals surface area contributed by atoms with Gasteiger partial charge in [0.25, 0.3) is 5.91 Å². The maximum atomic E-state index is 13.5. The zero-order chi connectivity index (χ0) is 14.5. The molecule has 2 rings (SSSR count). The van der Waals surface area contributed by atoms with Gasteiger partial charge in [0.15, 0.2) is 0 Å². The van der Waals surface area contributed by atoms with Crippen LogP contribution in [-0.4, -0.2) is 17.6 Å². The summed E-state index contributed by atoms with van der Waals surface area (Å²) < 4.78 is 13.5. The van der Waals surface area contributed by atoms with Gasteiger partial charge in [-0.25, -0.2) is 4.39 Å². The van der Waals surface area contributed by atoms with Crippen LogP contribution in [-0.2, 0) is 0 Å². The molecule has 0 radical (unpaired) electrons. The maximum absolute atomic E-state index is 13.5. The predicted molar refractivity (Wildman–Crippen MR) is 77.6 cm³/mol. The fourth-order valence-electron chi connectivity index (χ4n) is 1.49. The predicted octanol–water partition coefficient (Wildman–Crippen LogP) is 3.14. The number of amides is 1. The molecule has 6 heteroatoms. The molecule has 2 N–H and O–H groups in total.